The molecule has 2 aromatic rings. The molecule has 0 saturated heterocycles. The monoisotopic (exact) mass is 335 g/mol. The maximum Gasteiger partial charge on any atom is 0.335 e. The summed E-state index contributed by atoms with van der Waals surface area (Å²) in [6, 6.07) is 4.72. The third kappa shape index (κ3) is 2.27. The number of hydrogen-bond donors (Lipinski definition) is 2. The Labute approximate surface area is 128 Å². The van der Waals surface area contributed by atoms with E-state index >= 15 is 0 Å². The van der Waals surface area contributed by atoms with Gasteiger partial charge in [-0.05, 0) is 6.07 Å². The number of rotatable bonds is 2. The normalized spacial score (nSPS) is 14.1. The van der Waals surface area contributed by atoms with E-state index in [-0.39, 0.29) is 22.1 Å². The van der Waals surface area contributed by atoms with Gasteiger partial charge in [0.2, 0.25) is 10.0 Å². The number of benzene rings is 2. The first-order chi connectivity index (χ1) is 10.7. The predicted molar refractivity (Wildman–Crippen MR) is 77.4 cm³/mol. The fourth-order valence-corrected chi connectivity index (χ4v) is 3.11. The number of nitro benzene ring substituents is 1. The lowest BCUT2D eigenvalue weighted by atomic mass is 10.0. The number of amides is 2. The van der Waals surface area contributed by atoms with Crippen LogP contribution in [-0.4, -0.2) is 25.2 Å². The van der Waals surface area contributed by atoms with Gasteiger partial charge < -0.3 is 5.32 Å². The zero-order chi connectivity index (χ0) is 16.9. The van der Waals surface area contributed by atoms with Gasteiger partial charge in [-0.3, -0.25) is 19.7 Å². The quantitative estimate of drug-likeness (QED) is 0.449. The lowest BCUT2D eigenvalue weighted by Crippen LogP contribution is -2.33. The van der Waals surface area contributed by atoms with Crippen LogP contribution in [0.25, 0.3) is 10.8 Å². The van der Waals surface area contributed by atoms with Crippen LogP contribution in [0.3, 0.4) is 0 Å². The molecule has 0 bridgehead atoms. The fraction of sp³-hybridized carbons (Fsp3) is 0. The van der Waals surface area contributed by atoms with Crippen molar-refractivity contribution < 1.29 is 22.9 Å². The van der Waals surface area contributed by atoms with E-state index in [2.05, 4.69) is 10.6 Å². The molecule has 1 aliphatic rings. The number of primary sulfonamides is 1. The van der Waals surface area contributed by atoms with Gasteiger partial charge >= 0.3 is 11.8 Å². The summed E-state index contributed by atoms with van der Waals surface area (Å²) in [5.74, 6) is -2.12. The van der Waals surface area contributed by atoms with Gasteiger partial charge in [-0.2, -0.15) is 0 Å². The summed E-state index contributed by atoms with van der Waals surface area (Å²) >= 11 is 0. The highest BCUT2D eigenvalue weighted by Gasteiger charge is 2.32. The molecule has 0 fully saturated rings. The van der Waals surface area contributed by atoms with E-state index in [1.165, 1.54) is 12.1 Å². The molecular formula is C12H7N4O6S. The summed E-state index contributed by atoms with van der Waals surface area (Å²) < 4.78 is 23.4. The van der Waals surface area contributed by atoms with Crippen molar-refractivity contribution in [2.75, 3.05) is 5.32 Å². The number of nitrogens with one attached hydrogen (secondary N) is 1. The Morgan fingerprint density at radius 2 is 1.96 bits per heavy atom. The number of carbonyl (C=O) groups is 2. The van der Waals surface area contributed by atoms with E-state index in [9.17, 15) is 28.1 Å². The van der Waals surface area contributed by atoms with E-state index in [1.54, 1.807) is 0 Å². The Morgan fingerprint density at radius 1 is 1.26 bits per heavy atom. The van der Waals surface area contributed by atoms with E-state index in [4.69, 9.17) is 5.14 Å². The van der Waals surface area contributed by atoms with Crippen LogP contribution in [0.5, 0.6) is 0 Å². The molecule has 11 heteroatoms. The standard InChI is InChI=1S/C12H7N4O6S/c13-23(21,22)8-3-1-2-5-9(8)7(16(19)20)4-6-10(5)15-12(18)11(17)14-6/h1-4H,(H,14,17)(H2,13,21,22). The first-order valence-electron chi connectivity index (χ1n) is 6.04. The molecule has 0 aliphatic carbocycles. The second-order valence-corrected chi connectivity index (χ2v) is 6.17. The van der Waals surface area contributed by atoms with Gasteiger partial charge in [-0.1, -0.05) is 12.1 Å². The molecule has 3 rings (SSSR count). The van der Waals surface area contributed by atoms with Crippen LogP contribution in [0.15, 0.2) is 29.2 Å². The molecule has 0 unspecified atom stereocenters. The van der Waals surface area contributed by atoms with Crippen molar-refractivity contribution in [1.82, 2.24) is 5.32 Å². The van der Waals surface area contributed by atoms with Crippen molar-refractivity contribution in [3.05, 3.63) is 34.4 Å². The Hall–Kier alpha value is -3.05. The summed E-state index contributed by atoms with van der Waals surface area (Å²) in [6.07, 6.45) is 0. The summed E-state index contributed by atoms with van der Waals surface area (Å²) in [4.78, 5) is 32.8. The van der Waals surface area contributed by atoms with Crippen molar-refractivity contribution in [3.63, 3.8) is 0 Å². The minimum absolute atomic E-state index is 0.0223. The summed E-state index contributed by atoms with van der Waals surface area (Å²) in [7, 11) is -4.25. The highest BCUT2D eigenvalue weighted by Crippen LogP contribution is 2.42. The van der Waals surface area contributed by atoms with Crippen LogP contribution in [0.2, 0.25) is 0 Å². The first kappa shape index (κ1) is 14.9. The first-order valence-corrected chi connectivity index (χ1v) is 7.59. The third-order valence-corrected chi connectivity index (χ3v) is 4.19. The van der Waals surface area contributed by atoms with E-state index in [1.807, 2.05) is 0 Å². The van der Waals surface area contributed by atoms with E-state index in [0.717, 1.165) is 12.1 Å². The molecule has 0 saturated carbocycles. The second-order valence-electron chi connectivity index (χ2n) is 4.64. The van der Waals surface area contributed by atoms with Crippen LogP contribution in [0.4, 0.5) is 17.1 Å². The molecule has 117 valence electrons. The van der Waals surface area contributed by atoms with Gasteiger partial charge in [0.05, 0.1) is 26.6 Å². The topological polar surface area (TPSA) is 164 Å². The molecule has 0 spiro atoms. The molecular weight excluding hydrogens is 328 g/mol. The number of nitrogens with two attached hydrogens (primary N) is 1. The average Bonchev–Trinajstić information content (AvgIpc) is 2.46. The molecule has 2 amide bonds. The highest BCUT2D eigenvalue weighted by atomic mass is 32.2. The molecule has 23 heavy (non-hydrogen) atoms. The van der Waals surface area contributed by atoms with Crippen LogP contribution in [0, 0.1) is 10.1 Å². The number of anilines is 1. The van der Waals surface area contributed by atoms with Crippen molar-refractivity contribution in [3.8, 4) is 0 Å². The molecule has 0 atom stereocenters. The van der Waals surface area contributed by atoms with Crippen molar-refractivity contribution >= 4 is 49.7 Å². The SMILES string of the molecule is NS(=O)(=O)c1cccc2c3c(cc([N+](=O)[O-])c12)NC(=O)C(=O)[N]3. The van der Waals surface area contributed by atoms with E-state index in [0.29, 0.717) is 0 Å². The van der Waals surface area contributed by atoms with Gasteiger partial charge in [-0.25, -0.2) is 18.9 Å². The molecule has 1 radical (unpaired) electrons. The number of fused-ring (bicyclic) bond motifs is 3. The van der Waals surface area contributed by atoms with Gasteiger partial charge in [0.1, 0.15) is 0 Å². The summed E-state index contributed by atoms with van der Waals surface area (Å²) in [5.41, 5.74) is -0.686. The van der Waals surface area contributed by atoms with E-state index < -0.39 is 37.3 Å². The minimum Gasteiger partial charge on any atom is -0.316 e. The number of nitro groups is 1. The largest absolute Gasteiger partial charge is 0.335 e. The second kappa shape index (κ2) is 4.72. The maximum atomic E-state index is 11.7. The average molecular weight is 335 g/mol. The zero-order valence-electron chi connectivity index (χ0n) is 11.1. The molecule has 1 aliphatic heterocycles. The number of nitrogens with zero attached hydrogens (tertiary/aromatic N) is 2. The maximum absolute atomic E-state index is 11.7. The highest BCUT2D eigenvalue weighted by molar-refractivity contribution is 7.89. The van der Waals surface area contributed by atoms with Crippen molar-refractivity contribution in [2.45, 2.75) is 4.90 Å². The van der Waals surface area contributed by atoms with Crippen LogP contribution in [0.1, 0.15) is 0 Å². The van der Waals surface area contributed by atoms with Gasteiger partial charge in [0.15, 0.2) is 0 Å². The molecule has 0 aromatic heterocycles. The number of non-ortho nitro benzene ring substituents is 1. The van der Waals surface area contributed by atoms with Crippen LogP contribution in [-0.2, 0) is 19.6 Å². The zero-order valence-corrected chi connectivity index (χ0v) is 12.0. The number of hydrogen-bond acceptors (Lipinski definition) is 6. The molecule has 2 aromatic carbocycles. The fourth-order valence-electron chi connectivity index (χ4n) is 2.34. The number of sulfonamides is 1. The lowest BCUT2D eigenvalue weighted by Gasteiger charge is -2.18. The minimum atomic E-state index is -4.25. The predicted octanol–water partition coefficient (Wildman–Crippen LogP) is 0.110. The van der Waals surface area contributed by atoms with Gasteiger partial charge in [0, 0.05) is 11.5 Å². The van der Waals surface area contributed by atoms with Gasteiger partial charge in [-0.15, -0.1) is 0 Å². The molecule has 3 N–H and O–H groups in total. The number of carbonyl (C=O) groups excluding carboxylic acids is 2. The van der Waals surface area contributed by atoms with Crippen LogP contribution < -0.4 is 15.8 Å². The Balaban J connectivity index is 2.51. The summed E-state index contributed by atoms with van der Waals surface area (Å²) in [6.45, 7) is 0. The molecule has 10 nitrogen and oxygen atoms in total. The van der Waals surface area contributed by atoms with Gasteiger partial charge in [0.25, 0.3) is 5.69 Å². The lowest BCUT2D eigenvalue weighted by molar-refractivity contribution is -0.383. The van der Waals surface area contributed by atoms with Crippen molar-refractivity contribution in [2.24, 2.45) is 5.14 Å². The Kier molecular flexibility index (Phi) is 3.05. The Morgan fingerprint density at radius 3 is 2.57 bits per heavy atom. The smallest absolute Gasteiger partial charge is 0.316 e. The Bertz CT molecular complexity index is 1010. The molecule has 1 heterocycles. The van der Waals surface area contributed by atoms with Crippen molar-refractivity contribution in [1.29, 1.82) is 0 Å². The summed E-state index contributed by atoms with van der Waals surface area (Å²) in [5, 5.41) is 21.9. The van der Waals surface area contributed by atoms with Crippen LogP contribution >= 0.6 is 0 Å². The third-order valence-electron chi connectivity index (χ3n) is 3.23.